The van der Waals surface area contributed by atoms with Crippen molar-refractivity contribution in [2.24, 2.45) is 0 Å². The van der Waals surface area contributed by atoms with Gasteiger partial charge in [0, 0.05) is 22.6 Å². The van der Waals surface area contributed by atoms with Crippen molar-refractivity contribution >= 4 is 17.4 Å². The minimum absolute atomic E-state index is 0.0707. The third-order valence-electron chi connectivity index (χ3n) is 5.41. The van der Waals surface area contributed by atoms with Gasteiger partial charge in [-0.1, -0.05) is 30.3 Å². The fraction of sp³-hybridized carbons (Fsp3) is 0.182. The summed E-state index contributed by atoms with van der Waals surface area (Å²) in [5.74, 6) is 0.482. The Hall–Kier alpha value is -3.54. The number of nitrogens with one attached hydrogen (secondary N) is 1. The molecule has 1 amide bonds. The van der Waals surface area contributed by atoms with Crippen LogP contribution in [-0.2, 0) is 17.6 Å². The van der Waals surface area contributed by atoms with Crippen LogP contribution in [0.25, 0.3) is 16.9 Å². The average molecular weight is 369 g/mol. The van der Waals surface area contributed by atoms with Gasteiger partial charge in [0.05, 0.1) is 6.42 Å². The van der Waals surface area contributed by atoms with E-state index in [0.717, 1.165) is 29.1 Å². The van der Waals surface area contributed by atoms with Gasteiger partial charge in [0.1, 0.15) is 6.33 Å². The Morgan fingerprint density at radius 1 is 1.11 bits per heavy atom. The van der Waals surface area contributed by atoms with Gasteiger partial charge >= 0.3 is 0 Å². The highest BCUT2D eigenvalue weighted by atomic mass is 16.1. The fourth-order valence-corrected chi connectivity index (χ4v) is 3.98. The third-order valence-corrected chi connectivity index (χ3v) is 5.41. The van der Waals surface area contributed by atoms with E-state index in [0.29, 0.717) is 5.78 Å². The SMILES string of the molecule is Cc1nc2ncnn2c(C)c1CC(=O)Nc1ccc2c(c1)-c1ccccc1C2. The molecule has 6 heteroatoms. The van der Waals surface area contributed by atoms with E-state index in [9.17, 15) is 4.79 Å². The average Bonchev–Trinajstić information content (AvgIpc) is 3.29. The molecule has 1 N–H and O–H groups in total. The highest BCUT2D eigenvalue weighted by molar-refractivity contribution is 5.94. The van der Waals surface area contributed by atoms with E-state index < -0.39 is 0 Å². The largest absolute Gasteiger partial charge is 0.326 e. The quantitative estimate of drug-likeness (QED) is 0.528. The van der Waals surface area contributed by atoms with Crippen molar-refractivity contribution in [3.05, 3.63) is 76.9 Å². The van der Waals surface area contributed by atoms with Gasteiger partial charge in [-0.25, -0.2) is 9.50 Å². The number of hydrogen-bond donors (Lipinski definition) is 1. The first kappa shape index (κ1) is 16.6. The predicted octanol–water partition coefficient (Wildman–Crippen LogP) is 3.49. The molecule has 1 aliphatic carbocycles. The van der Waals surface area contributed by atoms with Crippen LogP contribution in [0.5, 0.6) is 0 Å². The molecule has 0 fully saturated rings. The number of rotatable bonds is 3. The number of carbonyl (C=O) groups excluding carboxylic acids is 1. The smallest absolute Gasteiger partial charge is 0.252 e. The summed E-state index contributed by atoms with van der Waals surface area (Å²) in [7, 11) is 0. The number of fused-ring (bicyclic) bond motifs is 4. The summed E-state index contributed by atoms with van der Waals surface area (Å²) in [6, 6.07) is 14.6. The fourth-order valence-electron chi connectivity index (χ4n) is 3.98. The monoisotopic (exact) mass is 369 g/mol. The summed E-state index contributed by atoms with van der Waals surface area (Å²) >= 11 is 0. The normalized spacial score (nSPS) is 12.1. The number of carbonyl (C=O) groups is 1. The second-order valence-electron chi connectivity index (χ2n) is 7.16. The van der Waals surface area contributed by atoms with E-state index in [1.807, 2.05) is 19.9 Å². The maximum atomic E-state index is 12.7. The molecule has 0 saturated carbocycles. The molecule has 6 nitrogen and oxygen atoms in total. The lowest BCUT2D eigenvalue weighted by atomic mass is 10.0. The van der Waals surface area contributed by atoms with Crippen molar-refractivity contribution in [1.82, 2.24) is 19.6 Å². The van der Waals surface area contributed by atoms with Crippen molar-refractivity contribution in [2.75, 3.05) is 5.32 Å². The molecule has 1 aliphatic rings. The van der Waals surface area contributed by atoms with Crippen molar-refractivity contribution in [1.29, 1.82) is 0 Å². The molecule has 0 saturated heterocycles. The van der Waals surface area contributed by atoms with Gasteiger partial charge in [-0.2, -0.15) is 10.1 Å². The van der Waals surface area contributed by atoms with Crippen LogP contribution < -0.4 is 5.32 Å². The lowest BCUT2D eigenvalue weighted by Gasteiger charge is -2.11. The summed E-state index contributed by atoms with van der Waals surface area (Å²) in [5.41, 5.74) is 8.46. The van der Waals surface area contributed by atoms with Crippen LogP contribution in [0.1, 0.15) is 28.1 Å². The number of benzene rings is 2. The van der Waals surface area contributed by atoms with Crippen molar-refractivity contribution in [2.45, 2.75) is 26.7 Å². The zero-order chi connectivity index (χ0) is 19.3. The van der Waals surface area contributed by atoms with Gasteiger partial charge in [-0.3, -0.25) is 4.79 Å². The van der Waals surface area contributed by atoms with Gasteiger partial charge in [0.25, 0.3) is 5.78 Å². The van der Waals surface area contributed by atoms with Gasteiger partial charge in [-0.15, -0.1) is 0 Å². The number of anilines is 1. The number of nitrogens with zero attached hydrogens (tertiary/aromatic N) is 4. The van der Waals surface area contributed by atoms with E-state index in [4.69, 9.17) is 0 Å². The number of hydrogen-bond acceptors (Lipinski definition) is 4. The van der Waals surface area contributed by atoms with E-state index >= 15 is 0 Å². The summed E-state index contributed by atoms with van der Waals surface area (Å²) < 4.78 is 1.67. The molecule has 0 atom stereocenters. The maximum absolute atomic E-state index is 12.7. The van der Waals surface area contributed by atoms with Gasteiger partial charge < -0.3 is 5.32 Å². The highest BCUT2D eigenvalue weighted by Crippen LogP contribution is 2.37. The lowest BCUT2D eigenvalue weighted by Crippen LogP contribution is -2.17. The lowest BCUT2D eigenvalue weighted by molar-refractivity contribution is -0.115. The Kier molecular flexibility index (Phi) is 3.72. The Bertz CT molecular complexity index is 1240. The summed E-state index contributed by atoms with van der Waals surface area (Å²) in [4.78, 5) is 21.3. The summed E-state index contributed by atoms with van der Waals surface area (Å²) in [6.45, 7) is 3.84. The maximum Gasteiger partial charge on any atom is 0.252 e. The van der Waals surface area contributed by atoms with Crippen LogP contribution in [0.2, 0.25) is 0 Å². The van der Waals surface area contributed by atoms with Crippen molar-refractivity contribution in [3.63, 3.8) is 0 Å². The van der Waals surface area contributed by atoms with Crippen molar-refractivity contribution in [3.8, 4) is 11.1 Å². The first-order valence-corrected chi connectivity index (χ1v) is 9.27. The molecular weight excluding hydrogens is 350 g/mol. The van der Waals surface area contributed by atoms with Crippen LogP contribution in [0.15, 0.2) is 48.8 Å². The van der Waals surface area contributed by atoms with E-state index in [1.165, 1.54) is 28.6 Å². The van der Waals surface area contributed by atoms with E-state index in [2.05, 4.69) is 56.8 Å². The van der Waals surface area contributed by atoms with Crippen LogP contribution in [0.3, 0.4) is 0 Å². The van der Waals surface area contributed by atoms with E-state index in [1.54, 1.807) is 4.52 Å². The topological polar surface area (TPSA) is 72.2 Å². The number of amides is 1. The zero-order valence-electron chi connectivity index (χ0n) is 15.7. The van der Waals surface area contributed by atoms with Crippen LogP contribution in [-0.4, -0.2) is 25.5 Å². The first-order valence-electron chi connectivity index (χ1n) is 9.27. The molecule has 0 bridgehead atoms. The standard InChI is InChI=1S/C22H19N5O/c1-13-19(14(2)27-22(25-13)23-12-24-27)11-21(28)26-17-8-7-16-9-15-5-3-4-6-18(15)20(16)10-17/h3-8,10,12H,9,11H2,1-2H3,(H,26,28). The van der Waals surface area contributed by atoms with Gasteiger partial charge in [0.15, 0.2) is 0 Å². The molecule has 28 heavy (non-hydrogen) atoms. The molecule has 2 aromatic carbocycles. The minimum atomic E-state index is -0.0707. The Labute approximate surface area is 162 Å². The molecule has 138 valence electrons. The van der Waals surface area contributed by atoms with Crippen molar-refractivity contribution < 1.29 is 4.79 Å². The summed E-state index contributed by atoms with van der Waals surface area (Å²) in [6.07, 6.45) is 2.66. The second kappa shape index (κ2) is 6.27. The molecule has 0 spiro atoms. The van der Waals surface area contributed by atoms with Gasteiger partial charge in [-0.05, 0) is 54.7 Å². The predicted molar refractivity (Wildman–Crippen MR) is 107 cm³/mol. The van der Waals surface area contributed by atoms with Gasteiger partial charge in [0.2, 0.25) is 5.91 Å². The zero-order valence-corrected chi connectivity index (χ0v) is 15.7. The molecule has 0 radical (unpaired) electrons. The highest BCUT2D eigenvalue weighted by Gasteiger charge is 2.19. The molecule has 2 aromatic heterocycles. The molecule has 2 heterocycles. The number of aromatic nitrogens is 4. The first-order chi connectivity index (χ1) is 13.6. The summed E-state index contributed by atoms with van der Waals surface area (Å²) in [5, 5.41) is 7.22. The third kappa shape index (κ3) is 2.65. The Balaban J connectivity index is 1.40. The van der Waals surface area contributed by atoms with E-state index in [-0.39, 0.29) is 12.3 Å². The Morgan fingerprint density at radius 2 is 1.93 bits per heavy atom. The molecule has 5 rings (SSSR count). The van der Waals surface area contributed by atoms with Crippen LogP contribution >= 0.6 is 0 Å². The molecule has 0 unspecified atom stereocenters. The Morgan fingerprint density at radius 3 is 2.82 bits per heavy atom. The molecule has 0 aliphatic heterocycles. The number of aryl methyl sites for hydroxylation is 2. The molecular formula is C22H19N5O. The van der Waals surface area contributed by atoms with Crippen LogP contribution in [0, 0.1) is 13.8 Å². The minimum Gasteiger partial charge on any atom is -0.326 e. The molecule has 4 aromatic rings. The van der Waals surface area contributed by atoms with Crippen LogP contribution in [0.4, 0.5) is 5.69 Å². The second-order valence-corrected chi connectivity index (χ2v) is 7.16.